The molecule has 0 radical (unpaired) electrons. The average Bonchev–Trinajstić information content (AvgIpc) is 3.17. The van der Waals surface area contributed by atoms with E-state index in [-0.39, 0.29) is 24.8 Å². The van der Waals surface area contributed by atoms with E-state index in [2.05, 4.69) is 10.2 Å². The minimum absolute atomic E-state index is 0. The number of nitrogens with one attached hydrogen (secondary N) is 1. The topological polar surface area (TPSA) is 62.3 Å². The van der Waals surface area contributed by atoms with Crippen molar-refractivity contribution in [3.63, 3.8) is 0 Å². The quantitative estimate of drug-likeness (QED) is 0.465. The van der Waals surface area contributed by atoms with Crippen molar-refractivity contribution in [2.24, 2.45) is 0 Å². The number of hydrogen-bond donors (Lipinski definition) is 1. The monoisotopic (exact) mass is 481 g/mol. The van der Waals surface area contributed by atoms with Crippen LogP contribution in [0.1, 0.15) is 0 Å². The first-order valence-electron chi connectivity index (χ1n) is 9.22. The molecule has 1 aliphatic heterocycles. The summed E-state index contributed by atoms with van der Waals surface area (Å²) >= 11 is 1.56. The zero-order chi connectivity index (χ0) is 19.1. The van der Waals surface area contributed by atoms with E-state index < -0.39 is 9.84 Å². The van der Waals surface area contributed by atoms with Crippen molar-refractivity contribution in [1.82, 2.24) is 10.3 Å². The molecular formula is C21H21Cl2N3O2S2. The number of rotatable bonds is 3. The molecule has 30 heavy (non-hydrogen) atoms. The lowest BCUT2D eigenvalue weighted by molar-refractivity contribution is 0.588. The maximum atomic E-state index is 13.4. The summed E-state index contributed by atoms with van der Waals surface area (Å²) in [4.78, 5) is 7.61. The lowest BCUT2D eigenvalue weighted by atomic mass is 10.1. The van der Waals surface area contributed by atoms with Crippen molar-refractivity contribution in [3.05, 3.63) is 60.7 Å². The number of benzene rings is 3. The van der Waals surface area contributed by atoms with Crippen LogP contribution in [0.4, 0.5) is 5.13 Å². The molecule has 1 aliphatic rings. The molecule has 158 valence electrons. The highest BCUT2D eigenvalue weighted by Gasteiger charge is 2.22. The van der Waals surface area contributed by atoms with E-state index >= 15 is 0 Å². The van der Waals surface area contributed by atoms with Crippen LogP contribution in [0.3, 0.4) is 0 Å². The molecule has 0 unspecified atom stereocenters. The van der Waals surface area contributed by atoms with Crippen LogP contribution in [0.2, 0.25) is 0 Å². The summed E-state index contributed by atoms with van der Waals surface area (Å²) in [7, 11) is -3.62. The third-order valence-corrected chi connectivity index (χ3v) is 7.97. The van der Waals surface area contributed by atoms with Gasteiger partial charge < -0.3 is 10.2 Å². The number of hydrogen-bond acceptors (Lipinski definition) is 6. The number of sulfone groups is 1. The molecule has 1 saturated heterocycles. The van der Waals surface area contributed by atoms with Gasteiger partial charge in [0, 0.05) is 31.6 Å². The van der Waals surface area contributed by atoms with Gasteiger partial charge in [0.1, 0.15) is 0 Å². The number of piperazine rings is 1. The molecule has 0 amide bonds. The van der Waals surface area contributed by atoms with Crippen molar-refractivity contribution in [1.29, 1.82) is 0 Å². The molecule has 0 aliphatic carbocycles. The fraction of sp³-hybridized carbons (Fsp3) is 0.190. The fourth-order valence-corrected chi connectivity index (χ4v) is 6.25. The van der Waals surface area contributed by atoms with Gasteiger partial charge in [0.2, 0.25) is 9.84 Å². The Morgan fingerprint density at radius 2 is 1.67 bits per heavy atom. The average molecular weight is 482 g/mol. The summed E-state index contributed by atoms with van der Waals surface area (Å²) in [5.74, 6) is 0. The Balaban J connectivity index is 0.00000128. The number of thiazole rings is 1. The van der Waals surface area contributed by atoms with Crippen molar-refractivity contribution < 1.29 is 8.42 Å². The minimum Gasteiger partial charge on any atom is -0.346 e. The second kappa shape index (κ2) is 9.08. The fourth-order valence-electron chi connectivity index (χ4n) is 3.61. The maximum Gasteiger partial charge on any atom is 0.207 e. The van der Waals surface area contributed by atoms with Gasteiger partial charge in [-0.1, -0.05) is 47.7 Å². The third-order valence-electron chi connectivity index (χ3n) is 5.09. The summed E-state index contributed by atoms with van der Waals surface area (Å²) in [5.41, 5.74) is 0.843. The van der Waals surface area contributed by atoms with E-state index in [9.17, 15) is 8.42 Å². The van der Waals surface area contributed by atoms with Gasteiger partial charge in [-0.3, -0.25) is 0 Å². The van der Waals surface area contributed by atoms with Crippen LogP contribution in [0, 0.1) is 0 Å². The molecule has 4 aromatic rings. The highest BCUT2D eigenvalue weighted by Crippen LogP contribution is 2.34. The Labute approximate surface area is 191 Å². The second-order valence-corrected chi connectivity index (χ2v) is 9.77. The zero-order valence-corrected chi connectivity index (χ0v) is 19.2. The number of nitrogens with zero attached hydrogens (tertiary/aromatic N) is 2. The molecule has 1 N–H and O–H groups in total. The molecule has 9 heteroatoms. The second-order valence-electron chi connectivity index (χ2n) is 6.84. The van der Waals surface area contributed by atoms with Gasteiger partial charge in [0.25, 0.3) is 0 Å². The first-order valence-corrected chi connectivity index (χ1v) is 11.5. The Morgan fingerprint density at radius 1 is 0.933 bits per heavy atom. The number of fused-ring (bicyclic) bond motifs is 2. The number of halogens is 2. The third kappa shape index (κ3) is 4.00. The molecule has 1 fully saturated rings. The first kappa shape index (κ1) is 22.8. The number of aromatic nitrogens is 1. The highest BCUT2D eigenvalue weighted by atomic mass is 35.5. The van der Waals surface area contributed by atoms with Crippen molar-refractivity contribution >= 4 is 72.1 Å². The molecule has 0 atom stereocenters. The van der Waals surface area contributed by atoms with E-state index in [1.807, 2.05) is 36.4 Å². The summed E-state index contributed by atoms with van der Waals surface area (Å²) in [6.45, 7) is 3.72. The van der Waals surface area contributed by atoms with Crippen LogP contribution in [0.15, 0.2) is 70.5 Å². The van der Waals surface area contributed by atoms with Crippen LogP contribution < -0.4 is 10.2 Å². The molecule has 5 nitrogen and oxygen atoms in total. The van der Waals surface area contributed by atoms with E-state index in [1.54, 1.807) is 35.6 Å². The normalized spacial score (nSPS) is 14.3. The minimum atomic E-state index is -3.62. The van der Waals surface area contributed by atoms with Gasteiger partial charge in [0.05, 0.1) is 20.0 Å². The van der Waals surface area contributed by atoms with Gasteiger partial charge in [-0.2, -0.15) is 0 Å². The lowest BCUT2D eigenvalue weighted by Gasteiger charge is -2.26. The lowest BCUT2D eigenvalue weighted by Crippen LogP contribution is -2.43. The van der Waals surface area contributed by atoms with Gasteiger partial charge in [-0.25, -0.2) is 13.4 Å². The molecule has 2 heterocycles. The van der Waals surface area contributed by atoms with Gasteiger partial charge in [-0.05, 0) is 29.7 Å². The number of anilines is 1. The Bertz CT molecular complexity index is 1280. The van der Waals surface area contributed by atoms with E-state index in [0.717, 1.165) is 52.3 Å². The largest absolute Gasteiger partial charge is 0.346 e. The Hall–Kier alpha value is -1.90. The summed E-state index contributed by atoms with van der Waals surface area (Å²) in [6, 6.07) is 18.2. The smallest absolute Gasteiger partial charge is 0.207 e. The Morgan fingerprint density at radius 3 is 2.47 bits per heavy atom. The molecule has 0 saturated carbocycles. The zero-order valence-electron chi connectivity index (χ0n) is 15.9. The predicted molar refractivity (Wildman–Crippen MR) is 129 cm³/mol. The summed E-state index contributed by atoms with van der Waals surface area (Å²) in [5, 5.41) is 5.96. The Kier molecular flexibility index (Phi) is 6.89. The van der Waals surface area contributed by atoms with Crippen LogP contribution in [-0.4, -0.2) is 39.6 Å². The molecule has 1 aromatic heterocycles. The highest BCUT2D eigenvalue weighted by molar-refractivity contribution is 7.91. The maximum absolute atomic E-state index is 13.4. The molecule has 3 aromatic carbocycles. The van der Waals surface area contributed by atoms with Crippen molar-refractivity contribution in [3.8, 4) is 0 Å². The molecule has 0 bridgehead atoms. The van der Waals surface area contributed by atoms with Crippen LogP contribution in [0.25, 0.3) is 21.0 Å². The van der Waals surface area contributed by atoms with Crippen molar-refractivity contribution in [2.75, 3.05) is 31.1 Å². The molecular weight excluding hydrogens is 461 g/mol. The van der Waals surface area contributed by atoms with Gasteiger partial charge in [0.15, 0.2) is 5.13 Å². The van der Waals surface area contributed by atoms with Crippen molar-refractivity contribution in [2.45, 2.75) is 9.79 Å². The molecule has 5 rings (SSSR count). The van der Waals surface area contributed by atoms with E-state index in [0.29, 0.717) is 9.79 Å². The standard InChI is InChI=1S/C21H19N3O2S2.2ClH/c25-28(26,20-7-3-5-15-4-1-2-6-17(15)20)16-8-9-18-19(14-16)27-21(23-18)24-12-10-22-11-13-24;;/h1-9,14,22H,10-13H2;2*1H. The van der Waals surface area contributed by atoms with E-state index in [1.165, 1.54) is 0 Å². The predicted octanol–water partition coefficient (Wildman–Crippen LogP) is 4.54. The van der Waals surface area contributed by atoms with Crippen LogP contribution in [0.5, 0.6) is 0 Å². The summed E-state index contributed by atoms with van der Waals surface area (Å²) < 4.78 is 27.6. The SMILES string of the molecule is Cl.Cl.O=S(=O)(c1ccc2nc(N3CCNCC3)sc2c1)c1cccc2ccccc12. The van der Waals surface area contributed by atoms with Crippen LogP contribution >= 0.6 is 36.2 Å². The first-order chi connectivity index (χ1) is 13.6. The molecule has 0 spiro atoms. The van der Waals surface area contributed by atoms with E-state index in [4.69, 9.17) is 4.98 Å². The van der Waals surface area contributed by atoms with Gasteiger partial charge in [-0.15, -0.1) is 24.8 Å². The van der Waals surface area contributed by atoms with Gasteiger partial charge >= 0.3 is 0 Å². The summed E-state index contributed by atoms with van der Waals surface area (Å²) in [6.07, 6.45) is 0. The van der Waals surface area contributed by atoms with Crippen LogP contribution in [-0.2, 0) is 9.84 Å².